The van der Waals surface area contributed by atoms with Crippen LogP contribution in [0.5, 0.6) is 0 Å². The Hall–Kier alpha value is -3.18. The van der Waals surface area contributed by atoms with Crippen molar-refractivity contribution in [2.45, 2.75) is 45.6 Å². The first-order valence-corrected chi connectivity index (χ1v) is 11.9. The summed E-state index contributed by atoms with van der Waals surface area (Å²) in [6, 6.07) is 14.9. The van der Waals surface area contributed by atoms with Gasteiger partial charge in [0.05, 0.1) is 5.57 Å². The fraction of sp³-hybridized carbons (Fsp3) is 0.259. The van der Waals surface area contributed by atoms with Crippen LogP contribution in [0.2, 0.25) is 0 Å². The summed E-state index contributed by atoms with van der Waals surface area (Å²) in [6.07, 6.45) is 4.33. The third-order valence-corrected chi connectivity index (χ3v) is 7.29. The maximum atomic E-state index is 13.3. The molecule has 162 valence electrons. The van der Waals surface area contributed by atoms with Gasteiger partial charge in [-0.3, -0.25) is 14.5 Å². The molecule has 0 bridgehead atoms. The van der Waals surface area contributed by atoms with Crippen LogP contribution < -0.4 is 4.90 Å². The van der Waals surface area contributed by atoms with Crippen LogP contribution in [-0.2, 0) is 22.4 Å². The van der Waals surface area contributed by atoms with E-state index >= 15 is 0 Å². The second-order valence-corrected chi connectivity index (χ2v) is 9.70. The molecule has 1 aliphatic heterocycles. The number of Topliss-reactive ketones (excluding diaryl/α,β-unsaturated/α-hetero) is 1. The Bertz CT molecular complexity index is 1240. The first-order valence-electron chi connectivity index (χ1n) is 11.0. The Morgan fingerprint density at radius 1 is 0.969 bits per heavy atom. The number of fused-ring (bicyclic) bond motifs is 1. The average Bonchev–Trinajstić information content (AvgIpc) is 3.39. The van der Waals surface area contributed by atoms with Crippen molar-refractivity contribution >= 4 is 34.5 Å². The number of aliphatic hydroxyl groups excluding tert-OH is 1. The minimum Gasteiger partial charge on any atom is -0.507 e. The molecule has 2 aromatic carbocycles. The van der Waals surface area contributed by atoms with Crippen LogP contribution >= 0.6 is 11.3 Å². The Morgan fingerprint density at radius 2 is 1.69 bits per heavy atom. The number of aliphatic hydroxyl groups is 1. The number of anilines is 1. The molecule has 4 nitrogen and oxygen atoms in total. The molecular formula is C27H25NO3S. The van der Waals surface area contributed by atoms with Gasteiger partial charge < -0.3 is 5.11 Å². The van der Waals surface area contributed by atoms with Crippen molar-refractivity contribution in [3.63, 3.8) is 0 Å². The molecule has 0 saturated carbocycles. The lowest BCUT2D eigenvalue weighted by molar-refractivity contribution is -0.132. The van der Waals surface area contributed by atoms with E-state index in [1.165, 1.54) is 33.8 Å². The van der Waals surface area contributed by atoms with Crippen LogP contribution in [0, 0.1) is 13.8 Å². The molecule has 1 aliphatic carbocycles. The Kier molecular flexibility index (Phi) is 5.22. The number of rotatable bonds is 3. The number of thiophene rings is 1. The zero-order chi connectivity index (χ0) is 22.4. The van der Waals surface area contributed by atoms with Crippen molar-refractivity contribution in [2.24, 2.45) is 0 Å². The van der Waals surface area contributed by atoms with Crippen LogP contribution in [0.15, 0.2) is 59.5 Å². The number of ketones is 1. The Labute approximate surface area is 191 Å². The summed E-state index contributed by atoms with van der Waals surface area (Å²) in [4.78, 5) is 28.9. The molecule has 1 amide bonds. The van der Waals surface area contributed by atoms with E-state index < -0.39 is 17.7 Å². The number of hydrogen-bond donors (Lipinski definition) is 1. The molecular weight excluding hydrogens is 418 g/mol. The van der Waals surface area contributed by atoms with Gasteiger partial charge in [-0.25, -0.2) is 0 Å². The maximum Gasteiger partial charge on any atom is 0.300 e. The summed E-state index contributed by atoms with van der Waals surface area (Å²) in [5.74, 6) is -1.34. The number of carbonyl (C=O) groups excluding carboxylic acids is 2. The van der Waals surface area contributed by atoms with E-state index in [2.05, 4.69) is 0 Å². The Balaban J connectivity index is 1.68. The molecule has 5 rings (SSSR count). The van der Waals surface area contributed by atoms with Crippen molar-refractivity contribution in [1.82, 2.24) is 0 Å². The first-order chi connectivity index (χ1) is 15.4. The third-order valence-electron chi connectivity index (χ3n) is 6.36. The van der Waals surface area contributed by atoms with Crippen LogP contribution in [0.1, 0.15) is 51.6 Å². The van der Waals surface area contributed by atoms with Crippen molar-refractivity contribution in [3.05, 3.63) is 92.2 Å². The van der Waals surface area contributed by atoms with Gasteiger partial charge in [0.2, 0.25) is 0 Å². The van der Waals surface area contributed by atoms with E-state index in [4.69, 9.17) is 0 Å². The second-order valence-electron chi connectivity index (χ2n) is 8.72. The van der Waals surface area contributed by atoms with E-state index in [9.17, 15) is 14.7 Å². The number of aryl methyl sites for hydroxylation is 4. The molecule has 1 unspecified atom stereocenters. The number of benzene rings is 2. The van der Waals surface area contributed by atoms with Crippen LogP contribution in [0.4, 0.5) is 5.69 Å². The third kappa shape index (κ3) is 3.47. The highest BCUT2D eigenvalue weighted by Gasteiger charge is 2.47. The molecule has 2 heterocycles. The Morgan fingerprint density at radius 3 is 2.38 bits per heavy atom. The molecule has 1 aromatic heterocycles. The summed E-state index contributed by atoms with van der Waals surface area (Å²) in [5, 5.41) is 13.3. The largest absolute Gasteiger partial charge is 0.507 e. The molecule has 32 heavy (non-hydrogen) atoms. The lowest BCUT2D eigenvalue weighted by Crippen LogP contribution is -2.29. The zero-order valence-corrected chi connectivity index (χ0v) is 19.0. The molecule has 0 spiro atoms. The smallest absolute Gasteiger partial charge is 0.300 e. The van der Waals surface area contributed by atoms with Gasteiger partial charge in [0, 0.05) is 16.1 Å². The van der Waals surface area contributed by atoms with Gasteiger partial charge >= 0.3 is 0 Å². The predicted molar refractivity (Wildman–Crippen MR) is 128 cm³/mol. The highest BCUT2D eigenvalue weighted by atomic mass is 32.1. The van der Waals surface area contributed by atoms with E-state index in [1.807, 2.05) is 67.8 Å². The summed E-state index contributed by atoms with van der Waals surface area (Å²) in [6.45, 7) is 3.95. The molecule has 1 fully saturated rings. The topological polar surface area (TPSA) is 57.6 Å². The summed E-state index contributed by atoms with van der Waals surface area (Å²) >= 11 is 1.48. The number of nitrogens with zero attached hydrogens (tertiary/aromatic N) is 1. The standard InChI is InChI=1S/C27H25NO3S/c1-16-12-17(2)14-21(13-16)28-24(22-8-5-11-32-22)23(26(30)27(28)31)25(29)20-10-9-18-6-3-4-7-19(18)15-20/h5,8-15,24,29H,3-4,6-7H2,1-2H3/b25-23-. The predicted octanol–water partition coefficient (Wildman–Crippen LogP) is 5.87. The SMILES string of the molecule is Cc1cc(C)cc(N2C(=O)C(=O)/C(=C(\O)c3ccc4c(c3)CCCC4)C2c2cccs2)c1. The van der Waals surface area contributed by atoms with Gasteiger partial charge in [0.1, 0.15) is 11.8 Å². The van der Waals surface area contributed by atoms with Crippen LogP contribution in [0.3, 0.4) is 0 Å². The van der Waals surface area contributed by atoms with Gasteiger partial charge in [0.25, 0.3) is 11.7 Å². The summed E-state index contributed by atoms with van der Waals surface area (Å²) in [5.41, 5.74) is 5.99. The van der Waals surface area contributed by atoms with Crippen LogP contribution in [0.25, 0.3) is 5.76 Å². The number of carbonyl (C=O) groups is 2. The van der Waals surface area contributed by atoms with Crippen molar-refractivity contribution in [1.29, 1.82) is 0 Å². The molecule has 0 radical (unpaired) electrons. The molecule has 1 saturated heterocycles. The van der Waals surface area contributed by atoms with Gasteiger partial charge in [-0.1, -0.05) is 24.3 Å². The fourth-order valence-electron chi connectivity index (χ4n) is 4.94. The quantitative estimate of drug-likeness (QED) is 0.313. The van der Waals surface area contributed by atoms with Crippen molar-refractivity contribution < 1.29 is 14.7 Å². The van der Waals surface area contributed by atoms with E-state index in [0.29, 0.717) is 11.3 Å². The number of amides is 1. The molecule has 1 N–H and O–H groups in total. The van der Waals surface area contributed by atoms with Gasteiger partial charge in [-0.05, 0) is 91.4 Å². The van der Waals surface area contributed by atoms with E-state index in [1.54, 1.807) is 0 Å². The van der Waals surface area contributed by atoms with Crippen LogP contribution in [-0.4, -0.2) is 16.8 Å². The molecule has 1 atom stereocenters. The monoisotopic (exact) mass is 443 g/mol. The van der Waals surface area contributed by atoms with Crippen molar-refractivity contribution in [2.75, 3.05) is 4.90 Å². The highest BCUT2D eigenvalue weighted by Crippen LogP contribution is 2.44. The minimum atomic E-state index is -0.646. The van der Waals surface area contributed by atoms with Crippen molar-refractivity contribution in [3.8, 4) is 0 Å². The zero-order valence-electron chi connectivity index (χ0n) is 18.2. The number of hydrogen-bond acceptors (Lipinski definition) is 4. The minimum absolute atomic E-state index is 0.0954. The van der Waals surface area contributed by atoms with E-state index in [0.717, 1.165) is 35.3 Å². The fourth-order valence-corrected chi connectivity index (χ4v) is 5.76. The lowest BCUT2D eigenvalue weighted by atomic mass is 9.89. The summed E-state index contributed by atoms with van der Waals surface area (Å²) in [7, 11) is 0. The average molecular weight is 444 g/mol. The van der Waals surface area contributed by atoms with Gasteiger partial charge in [-0.2, -0.15) is 0 Å². The molecule has 5 heteroatoms. The maximum absolute atomic E-state index is 13.3. The van der Waals surface area contributed by atoms with Gasteiger partial charge in [-0.15, -0.1) is 11.3 Å². The summed E-state index contributed by atoms with van der Waals surface area (Å²) < 4.78 is 0. The molecule has 3 aromatic rings. The first kappa shape index (κ1) is 20.7. The normalized spacial score (nSPS) is 19.9. The van der Waals surface area contributed by atoms with E-state index in [-0.39, 0.29) is 11.3 Å². The lowest BCUT2D eigenvalue weighted by Gasteiger charge is -2.25. The van der Waals surface area contributed by atoms with Gasteiger partial charge in [0.15, 0.2) is 0 Å². The highest BCUT2D eigenvalue weighted by molar-refractivity contribution is 7.10. The second kappa shape index (κ2) is 8.06. The molecule has 2 aliphatic rings.